The summed E-state index contributed by atoms with van der Waals surface area (Å²) in [4.78, 5) is 28.9. The Morgan fingerprint density at radius 2 is 1.76 bits per heavy atom. The van der Waals surface area contributed by atoms with Crippen molar-refractivity contribution in [3.8, 4) is 5.69 Å². The molecule has 198 valence electrons. The lowest BCUT2D eigenvalue weighted by atomic mass is 9.95. The van der Waals surface area contributed by atoms with E-state index in [-0.39, 0.29) is 36.8 Å². The number of hydrogen-bond acceptors (Lipinski definition) is 6. The Morgan fingerprint density at radius 1 is 1.08 bits per heavy atom. The molecule has 1 heterocycles. The van der Waals surface area contributed by atoms with Crippen molar-refractivity contribution in [3.05, 3.63) is 82.9 Å². The van der Waals surface area contributed by atoms with Gasteiger partial charge in [-0.3, -0.25) is 9.63 Å². The van der Waals surface area contributed by atoms with E-state index in [2.05, 4.69) is 21.2 Å². The number of benzene rings is 2. The van der Waals surface area contributed by atoms with Crippen LogP contribution >= 0.6 is 0 Å². The van der Waals surface area contributed by atoms with Gasteiger partial charge in [-0.2, -0.15) is 11.0 Å². The first-order valence-corrected chi connectivity index (χ1v) is 12.2. The number of halogens is 1. The lowest BCUT2D eigenvalue weighted by molar-refractivity contribution is -0.657. The highest BCUT2D eigenvalue weighted by atomic mass is 19.1. The fourth-order valence-corrected chi connectivity index (χ4v) is 4.21. The van der Waals surface area contributed by atoms with Gasteiger partial charge in [0.1, 0.15) is 5.82 Å². The molecule has 10 heteroatoms. The molecule has 0 bridgehead atoms. The molecule has 0 radical (unpaired) electrons. The number of hydrogen-bond donors (Lipinski definition) is 4. The van der Waals surface area contributed by atoms with Gasteiger partial charge < -0.3 is 15.5 Å². The van der Waals surface area contributed by atoms with Gasteiger partial charge in [0.2, 0.25) is 0 Å². The number of carbonyl (C=O) groups excluding carboxylic acids is 2. The summed E-state index contributed by atoms with van der Waals surface area (Å²) < 4.78 is 15.2. The SMILES string of the molecule is CC(C)c1c(C(=O)NCc2ccccc2)nn(-c2ccc(F)cc2)c1CCC(O)CC(O)CC(=O)O[NH3+]. The van der Waals surface area contributed by atoms with Crippen molar-refractivity contribution in [2.75, 3.05) is 0 Å². The molecule has 0 spiro atoms. The molecule has 0 aliphatic heterocycles. The predicted molar refractivity (Wildman–Crippen MR) is 134 cm³/mol. The second-order valence-corrected chi connectivity index (χ2v) is 9.22. The van der Waals surface area contributed by atoms with E-state index >= 15 is 0 Å². The van der Waals surface area contributed by atoms with Crippen molar-refractivity contribution in [2.45, 2.75) is 64.2 Å². The summed E-state index contributed by atoms with van der Waals surface area (Å²) in [6.45, 7) is 4.24. The van der Waals surface area contributed by atoms with Crippen LogP contribution in [0.4, 0.5) is 4.39 Å². The average molecular weight is 514 g/mol. The second kappa shape index (κ2) is 13.1. The molecule has 2 aromatic carbocycles. The molecule has 3 aromatic rings. The molecular weight excluding hydrogens is 479 g/mol. The molecule has 0 aliphatic rings. The van der Waals surface area contributed by atoms with Gasteiger partial charge in [-0.25, -0.2) is 13.9 Å². The summed E-state index contributed by atoms with van der Waals surface area (Å²) in [6.07, 6.45) is -1.71. The van der Waals surface area contributed by atoms with Crippen LogP contribution < -0.4 is 11.2 Å². The Balaban J connectivity index is 1.88. The van der Waals surface area contributed by atoms with Gasteiger partial charge in [-0.15, -0.1) is 0 Å². The Hall–Kier alpha value is -3.60. The summed E-state index contributed by atoms with van der Waals surface area (Å²) in [7, 11) is 0. The highest BCUT2D eigenvalue weighted by Crippen LogP contribution is 2.28. The molecule has 2 atom stereocenters. The lowest BCUT2D eigenvalue weighted by Gasteiger charge is -2.16. The molecule has 0 saturated heterocycles. The van der Waals surface area contributed by atoms with Crippen molar-refractivity contribution in [2.24, 2.45) is 0 Å². The maximum absolute atomic E-state index is 13.6. The Morgan fingerprint density at radius 3 is 2.38 bits per heavy atom. The van der Waals surface area contributed by atoms with Crippen molar-refractivity contribution in [1.82, 2.24) is 15.1 Å². The smallest absolute Gasteiger partial charge is 0.368 e. The molecule has 3 rings (SSSR count). The third kappa shape index (κ3) is 7.69. The van der Waals surface area contributed by atoms with E-state index in [0.717, 1.165) is 11.1 Å². The van der Waals surface area contributed by atoms with E-state index in [1.165, 1.54) is 12.1 Å². The average Bonchev–Trinajstić information content (AvgIpc) is 3.27. The fourth-order valence-electron chi connectivity index (χ4n) is 4.21. The molecular formula is C27H34FN4O5+. The largest absolute Gasteiger partial charge is 0.393 e. The van der Waals surface area contributed by atoms with Crippen LogP contribution in [0.1, 0.15) is 66.3 Å². The third-order valence-electron chi connectivity index (χ3n) is 6.00. The molecule has 37 heavy (non-hydrogen) atoms. The van der Waals surface area contributed by atoms with Crippen LogP contribution in [-0.4, -0.2) is 44.1 Å². The Labute approximate surface area is 215 Å². The van der Waals surface area contributed by atoms with Gasteiger partial charge in [-0.05, 0) is 55.0 Å². The first-order chi connectivity index (χ1) is 17.7. The highest BCUT2D eigenvalue weighted by Gasteiger charge is 2.26. The Bertz CT molecular complexity index is 1180. The first kappa shape index (κ1) is 28.0. The van der Waals surface area contributed by atoms with Crippen LogP contribution in [0.2, 0.25) is 0 Å². The van der Waals surface area contributed by atoms with Crippen LogP contribution in [0.3, 0.4) is 0 Å². The standard InChI is InChI=1S/C27H33FN4O5/c1-17(2)25-23(13-12-21(33)14-22(34)15-24(35)37-29)32(20-10-8-19(28)9-11-20)31-26(25)27(36)30-16-18-6-4-3-5-7-18/h3-11,17,21-22,33-34H,12-16H2,1-2,29H3/p+1. The number of nitrogens with one attached hydrogen (secondary N) is 1. The van der Waals surface area contributed by atoms with Crippen molar-refractivity contribution in [1.29, 1.82) is 0 Å². The number of nitrogens with zero attached hydrogens (tertiary/aromatic N) is 2. The summed E-state index contributed by atoms with van der Waals surface area (Å²) >= 11 is 0. The zero-order chi connectivity index (χ0) is 26.9. The van der Waals surface area contributed by atoms with Gasteiger partial charge in [0.15, 0.2) is 5.69 Å². The molecule has 2 unspecified atom stereocenters. The molecule has 0 fully saturated rings. The van der Waals surface area contributed by atoms with Gasteiger partial charge >= 0.3 is 5.97 Å². The van der Waals surface area contributed by atoms with E-state index in [1.807, 2.05) is 44.2 Å². The summed E-state index contributed by atoms with van der Waals surface area (Å²) in [5.41, 5.74) is 3.22. The number of quaternary nitrogens is 1. The lowest BCUT2D eigenvalue weighted by Crippen LogP contribution is -2.51. The normalized spacial score (nSPS) is 12.8. The van der Waals surface area contributed by atoms with Crippen LogP contribution in [0.25, 0.3) is 5.69 Å². The Kier molecular flexibility index (Phi) is 9.90. The summed E-state index contributed by atoms with van der Waals surface area (Å²) in [5, 5.41) is 28.1. The minimum Gasteiger partial charge on any atom is -0.393 e. The zero-order valence-corrected chi connectivity index (χ0v) is 21.1. The summed E-state index contributed by atoms with van der Waals surface area (Å²) in [5.74, 6) is 1.55. The minimum atomic E-state index is -1.07. The number of rotatable bonds is 12. The van der Waals surface area contributed by atoms with Gasteiger partial charge in [0, 0.05) is 17.8 Å². The van der Waals surface area contributed by atoms with Crippen LogP contribution in [0.5, 0.6) is 0 Å². The fraction of sp³-hybridized carbons (Fsp3) is 0.370. The zero-order valence-electron chi connectivity index (χ0n) is 21.1. The van der Waals surface area contributed by atoms with E-state index in [1.54, 1.807) is 16.8 Å². The van der Waals surface area contributed by atoms with E-state index < -0.39 is 24.0 Å². The molecule has 0 saturated carbocycles. The number of aromatic nitrogens is 2. The van der Waals surface area contributed by atoms with Crippen molar-refractivity contribution < 1.29 is 34.9 Å². The third-order valence-corrected chi connectivity index (χ3v) is 6.00. The topological polar surface area (TPSA) is 141 Å². The number of aliphatic hydroxyl groups is 2. The first-order valence-electron chi connectivity index (χ1n) is 12.2. The molecule has 0 aliphatic carbocycles. The van der Waals surface area contributed by atoms with Gasteiger partial charge in [-0.1, -0.05) is 44.2 Å². The summed E-state index contributed by atoms with van der Waals surface area (Å²) in [6, 6.07) is 15.3. The maximum atomic E-state index is 13.6. The van der Waals surface area contributed by atoms with E-state index in [4.69, 9.17) is 0 Å². The van der Waals surface area contributed by atoms with Crippen molar-refractivity contribution >= 4 is 11.9 Å². The van der Waals surface area contributed by atoms with Crippen LogP contribution in [0.15, 0.2) is 54.6 Å². The van der Waals surface area contributed by atoms with E-state index in [0.29, 0.717) is 24.3 Å². The molecule has 1 amide bonds. The van der Waals surface area contributed by atoms with Gasteiger partial charge in [0.25, 0.3) is 5.91 Å². The molecule has 6 N–H and O–H groups in total. The minimum absolute atomic E-state index is 0.0266. The van der Waals surface area contributed by atoms with E-state index in [9.17, 15) is 24.2 Å². The van der Waals surface area contributed by atoms with Crippen molar-refractivity contribution in [3.63, 3.8) is 0 Å². The van der Waals surface area contributed by atoms with Crippen LogP contribution in [0, 0.1) is 5.82 Å². The second-order valence-electron chi connectivity index (χ2n) is 9.22. The van der Waals surface area contributed by atoms with Gasteiger partial charge in [0.05, 0.1) is 24.3 Å². The number of amides is 1. The molecule has 9 nitrogen and oxygen atoms in total. The maximum Gasteiger partial charge on any atom is 0.368 e. The predicted octanol–water partition coefficient (Wildman–Crippen LogP) is 2.20. The highest BCUT2D eigenvalue weighted by molar-refractivity contribution is 5.94. The van der Waals surface area contributed by atoms with Crippen LogP contribution in [-0.2, 0) is 22.6 Å². The number of carbonyl (C=O) groups is 2. The quantitative estimate of drug-likeness (QED) is 0.274. The molecule has 1 aromatic heterocycles. The number of aliphatic hydroxyl groups excluding tert-OH is 2. The monoisotopic (exact) mass is 513 g/mol.